The zero-order valence-corrected chi connectivity index (χ0v) is 12.8. The van der Waals surface area contributed by atoms with Crippen LogP contribution in [0.15, 0.2) is 53.5 Å². The lowest BCUT2D eigenvalue weighted by Gasteiger charge is -2.23. The van der Waals surface area contributed by atoms with E-state index in [2.05, 4.69) is 42.2 Å². The molecule has 0 radical (unpaired) electrons. The zero-order chi connectivity index (χ0) is 14.9. The van der Waals surface area contributed by atoms with Crippen LogP contribution in [-0.2, 0) is 10.4 Å². The van der Waals surface area contributed by atoms with E-state index in [0.29, 0.717) is 6.54 Å². The van der Waals surface area contributed by atoms with Crippen LogP contribution in [0.1, 0.15) is 12.5 Å². The second-order valence-corrected chi connectivity index (χ2v) is 5.80. The van der Waals surface area contributed by atoms with Gasteiger partial charge in [-0.05, 0) is 41.8 Å². The number of hydroxylamine groups is 2. The SMILES string of the molecule is CON1C=NC(C)(c2cccc(-c3cccc(Cl)c3)c2)C1. The van der Waals surface area contributed by atoms with Gasteiger partial charge in [0.15, 0.2) is 0 Å². The molecule has 2 aromatic carbocycles. The summed E-state index contributed by atoms with van der Waals surface area (Å²) in [6.07, 6.45) is 1.74. The van der Waals surface area contributed by atoms with Gasteiger partial charge in [-0.2, -0.15) is 0 Å². The standard InChI is InChI=1S/C17H17ClN2O/c1-17(11-20(21-2)12-19-17)15-7-3-5-13(9-15)14-6-4-8-16(18)10-14/h3-10,12H,11H2,1-2H3. The Kier molecular flexibility index (Phi) is 3.70. The van der Waals surface area contributed by atoms with Crippen LogP contribution in [0.2, 0.25) is 5.02 Å². The molecule has 0 spiro atoms. The van der Waals surface area contributed by atoms with Crippen molar-refractivity contribution in [2.45, 2.75) is 12.5 Å². The topological polar surface area (TPSA) is 24.8 Å². The predicted molar refractivity (Wildman–Crippen MR) is 86.4 cm³/mol. The van der Waals surface area contributed by atoms with Crippen molar-refractivity contribution in [2.24, 2.45) is 4.99 Å². The summed E-state index contributed by atoms with van der Waals surface area (Å²) in [6, 6.07) is 16.3. The molecule has 0 aliphatic carbocycles. The summed E-state index contributed by atoms with van der Waals surface area (Å²) < 4.78 is 0. The second-order valence-electron chi connectivity index (χ2n) is 5.37. The Balaban J connectivity index is 1.96. The third-order valence-electron chi connectivity index (χ3n) is 3.81. The molecule has 0 saturated heterocycles. The molecule has 21 heavy (non-hydrogen) atoms. The monoisotopic (exact) mass is 300 g/mol. The van der Waals surface area contributed by atoms with Crippen LogP contribution < -0.4 is 0 Å². The van der Waals surface area contributed by atoms with E-state index in [1.165, 1.54) is 0 Å². The van der Waals surface area contributed by atoms with Gasteiger partial charge in [0.25, 0.3) is 0 Å². The van der Waals surface area contributed by atoms with Gasteiger partial charge in [-0.3, -0.25) is 9.83 Å². The third-order valence-corrected chi connectivity index (χ3v) is 4.05. The molecule has 0 bridgehead atoms. The van der Waals surface area contributed by atoms with Crippen molar-refractivity contribution < 1.29 is 4.84 Å². The maximum Gasteiger partial charge on any atom is 0.111 e. The van der Waals surface area contributed by atoms with Crippen molar-refractivity contribution >= 4 is 17.9 Å². The molecule has 0 amide bonds. The molecule has 1 atom stereocenters. The normalized spacial score (nSPS) is 21.0. The summed E-state index contributed by atoms with van der Waals surface area (Å²) in [4.78, 5) is 9.82. The van der Waals surface area contributed by atoms with Crippen LogP contribution in [-0.4, -0.2) is 25.1 Å². The smallest absolute Gasteiger partial charge is 0.111 e. The number of halogens is 1. The Morgan fingerprint density at radius 3 is 2.52 bits per heavy atom. The van der Waals surface area contributed by atoms with Crippen LogP contribution in [0.4, 0.5) is 0 Å². The van der Waals surface area contributed by atoms with Crippen LogP contribution in [0, 0.1) is 0 Å². The lowest BCUT2D eigenvalue weighted by Crippen LogP contribution is -2.29. The Morgan fingerprint density at radius 2 is 1.86 bits per heavy atom. The Bertz CT molecular complexity index is 686. The van der Waals surface area contributed by atoms with Crippen molar-refractivity contribution in [2.75, 3.05) is 13.7 Å². The molecule has 1 unspecified atom stereocenters. The van der Waals surface area contributed by atoms with Crippen molar-refractivity contribution in [3.05, 3.63) is 59.1 Å². The van der Waals surface area contributed by atoms with E-state index in [-0.39, 0.29) is 5.54 Å². The highest BCUT2D eigenvalue weighted by atomic mass is 35.5. The van der Waals surface area contributed by atoms with Gasteiger partial charge in [0.05, 0.1) is 13.7 Å². The van der Waals surface area contributed by atoms with E-state index < -0.39 is 0 Å². The molecule has 1 aliphatic heterocycles. The first-order chi connectivity index (χ1) is 10.1. The number of aliphatic imine (C=N–C) groups is 1. The van der Waals surface area contributed by atoms with Crippen molar-refractivity contribution in [1.82, 2.24) is 5.06 Å². The first kappa shape index (κ1) is 14.1. The number of hydrogen-bond acceptors (Lipinski definition) is 3. The van der Waals surface area contributed by atoms with Crippen molar-refractivity contribution in [3.8, 4) is 11.1 Å². The van der Waals surface area contributed by atoms with Gasteiger partial charge in [-0.25, -0.2) is 5.06 Å². The fourth-order valence-corrected chi connectivity index (χ4v) is 2.75. The number of nitrogens with zero attached hydrogens (tertiary/aromatic N) is 2. The van der Waals surface area contributed by atoms with Gasteiger partial charge < -0.3 is 0 Å². The minimum Gasteiger partial charge on any atom is -0.276 e. The molecule has 0 fully saturated rings. The van der Waals surface area contributed by atoms with Crippen LogP contribution in [0.25, 0.3) is 11.1 Å². The summed E-state index contributed by atoms with van der Waals surface area (Å²) in [5, 5.41) is 2.49. The van der Waals surface area contributed by atoms with E-state index in [9.17, 15) is 0 Å². The molecule has 0 N–H and O–H groups in total. The van der Waals surface area contributed by atoms with Gasteiger partial charge in [0.2, 0.25) is 0 Å². The van der Waals surface area contributed by atoms with E-state index in [0.717, 1.165) is 21.7 Å². The second kappa shape index (κ2) is 5.51. The van der Waals surface area contributed by atoms with Gasteiger partial charge in [-0.15, -0.1) is 0 Å². The quantitative estimate of drug-likeness (QED) is 0.851. The van der Waals surface area contributed by atoms with Crippen LogP contribution >= 0.6 is 11.6 Å². The average molecular weight is 301 g/mol. The maximum absolute atomic E-state index is 6.08. The number of hydrogen-bond donors (Lipinski definition) is 0. The van der Waals surface area contributed by atoms with E-state index in [4.69, 9.17) is 16.4 Å². The molecule has 3 nitrogen and oxygen atoms in total. The van der Waals surface area contributed by atoms with Gasteiger partial charge >= 0.3 is 0 Å². The minimum atomic E-state index is -0.287. The molecule has 4 heteroatoms. The van der Waals surface area contributed by atoms with Gasteiger partial charge in [-0.1, -0.05) is 41.9 Å². The summed E-state index contributed by atoms with van der Waals surface area (Å²) in [7, 11) is 1.65. The lowest BCUT2D eigenvalue weighted by atomic mass is 9.90. The van der Waals surface area contributed by atoms with Crippen LogP contribution in [0.5, 0.6) is 0 Å². The Morgan fingerprint density at radius 1 is 1.14 bits per heavy atom. The highest BCUT2D eigenvalue weighted by Crippen LogP contribution is 2.33. The fourth-order valence-electron chi connectivity index (χ4n) is 2.56. The highest BCUT2D eigenvalue weighted by molar-refractivity contribution is 6.30. The first-order valence-corrected chi connectivity index (χ1v) is 7.21. The summed E-state index contributed by atoms with van der Waals surface area (Å²) in [5.74, 6) is 0. The van der Waals surface area contributed by atoms with Gasteiger partial charge in [0, 0.05) is 5.02 Å². The maximum atomic E-state index is 6.08. The number of rotatable bonds is 3. The molecule has 1 aliphatic rings. The zero-order valence-electron chi connectivity index (χ0n) is 12.1. The predicted octanol–water partition coefficient (Wildman–Crippen LogP) is 4.13. The van der Waals surface area contributed by atoms with E-state index in [1.807, 2.05) is 18.2 Å². The first-order valence-electron chi connectivity index (χ1n) is 6.83. The molecule has 0 aromatic heterocycles. The summed E-state index contributed by atoms with van der Waals surface area (Å²) >= 11 is 6.08. The average Bonchev–Trinajstić information content (AvgIpc) is 2.91. The minimum absolute atomic E-state index is 0.287. The molecule has 108 valence electrons. The molecular formula is C17H17ClN2O. The molecular weight excluding hydrogens is 284 g/mol. The molecule has 1 heterocycles. The number of benzene rings is 2. The van der Waals surface area contributed by atoms with Gasteiger partial charge in [0.1, 0.15) is 11.9 Å². The summed E-state index contributed by atoms with van der Waals surface area (Å²) in [5.41, 5.74) is 3.13. The van der Waals surface area contributed by atoms with Crippen LogP contribution in [0.3, 0.4) is 0 Å². The Hall–Kier alpha value is -1.84. The van der Waals surface area contributed by atoms with Crippen molar-refractivity contribution in [3.63, 3.8) is 0 Å². The molecule has 3 rings (SSSR count). The fraction of sp³-hybridized carbons (Fsp3) is 0.235. The Labute approximate surface area is 129 Å². The third kappa shape index (κ3) is 2.80. The van der Waals surface area contributed by atoms with E-state index >= 15 is 0 Å². The molecule has 0 saturated carbocycles. The highest BCUT2D eigenvalue weighted by Gasteiger charge is 2.32. The largest absolute Gasteiger partial charge is 0.276 e. The molecule has 2 aromatic rings. The lowest BCUT2D eigenvalue weighted by molar-refractivity contribution is -0.0609. The van der Waals surface area contributed by atoms with E-state index in [1.54, 1.807) is 18.5 Å². The summed E-state index contributed by atoms with van der Waals surface area (Å²) in [6.45, 7) is 2.82. The van der Waals surface area contributed by atoms with Crippen molar-refractivity contribution in [1.29, 1.82) is 0 Å².